The second-order valence-corrected chi connectivity index (χ2v) is 11.0. The molecule has 0 unspecified atom stereocenters. The van der Waals surface area contributed by atoms with Crippen LogP contribution in [0, 0.1) is 34.5 Å². The Kier molecular flexibility index (Phi) is 6.03. The Morgan fingerprint density at radius 2 is 0.750 bits per heavy atom. The van der Waals surface area contributed by atoms with Crippen LogP contribution in [-0.4, -0.2) is 0 Å². The quantitative estimate of drug-likeness (QED) is 0.491. The van der Waals surface area contributed by atoms with Crippen LogP contribution in [0.2, 0.25) is 0 Å². The Morgan fingerprint density at radius 1 is 0.417 bits per heavy atom. The first-order chi connectivity index (χ1) is 11.4. The monoisotopic (exact) mass is 332 g/mol. The summed E-state index contributed by atoms with van der Waals surface area (Å²) in [5.74, 6) is 4.09. The van der Waals surface area contributed by atoms with Crippen molar-refractivity contribution < 1.29 is 0 Å². The van der Waals surface area contributed by atoms with E-state index < -0.39 is 0 Å². The molecular formula is C24H44. The molecular weight excluding hydrogens is 288 g/mol. The average Bonchev–Trinajstić information content (AvgIpc) is 2.62. The lowest BCUT2D eigenvalue weighted by atomic mass is 9.51. The summed E-state index contributed by atoms with van der Waals surface area (Å²) in [5, 5.41) is 0. The van der Waals surface area contributed by atoms with Gasteiger partial charge >= 0.3 is 0 Å². The third kappa shape index (κ3) is 3.88. The van der Waals surface area contributed by atoms with E-state index in [1.165, 1.54) is 64.2 Å². The third-order valence-corrected chi connectivity index (χ3v) is 8.80. The van der Waals surface area contributed by atoms with Crippen LogP contribution in [0.3, 0.4) is 0 Å². The molecule has 0 N–H and O–H groups in total. The maximum atomic E-state index is 2.78. The van der Waals surface area contributed by atoms with E-state index in [4.69, 9.17) is 0 Å². The molecule has 3 rings (SSSR count). The van der Waals surface area contributed by atoms with Gasteiger partial charge in [0.25, 0.3) is 0 Å². The molecule has 0 aromatic carbocycles. The van der Waals surface area contributed by atoms with Gasteiger partial charge in [-0.1, -0.05) is 66.2 Å². The van der Waals surface area contributed by atoms with Crippen molar-refractivity contribution in [3.63, 3.8) is 0 Å². The maximum absolute atomic E-state index is 2.78. The highest BCUT2D eigenvalue weighted by molar-refractivity contribution is 4.98. The largest absolute Gasteiger partial charge is 0.0599 e. The van der Waals surface area contributed by atoms with Crippen LogP contribution in [0.5, 0.6) is 0 Å². The lowest BCUT2D eigenvalue weighted by molar-refractivity contribution is -0.0437. The van der Waals surface area contributed by atoms with Crippen LogP contribution in [0.1, 0.15) is 118 Å². The molecule has 0 bridgehead atoms. The van der Waals surface area contributed by atoms with Gasteiger partial charge in [0.2, 0.25) is 0 Å². The van der Waals surface area contributed by atoms with E-state index in [0.29, 0.717) is 10.8 Å². The SMILES string of the molecule is CC(C)(C)C1CCC(C(C)(C2CCCCC2)C2CCCCC2)CC1. The van der Waals surface area contributed by atoms with Gasteiger partial charge in [-0.15, -0.1) is 0 Å². The molecule has 3 aliphatic rings. The molecule has 140 valence electrons. The summed E-state index contributed by atoms with van der Waals surface area (Å²) in [4.78, 5) is 0. The zero-order chi connectivity index (χ0) is 17.2. The van der Waals surface area contributed by atoms with Crippen molar-refractivity contribution >= 4 is 0 Å². The molecule has 0 saturated heterocycles. The van der Waals surface area contributed by atoms with Crippen molar-refractivity contribution in [2.24, 2.45) is 34.5 Å². The average molecular weight is 333 g/mol. The van der Waals surface area contributed by atoms with E-state index in [-0.39, 0.29) is 0 Å². The first kappa shape index (κ1) is 18.8. The molecule has 0 amide bonds. The van der Waals surface area contributed by atoms with E-state index in [9.17, 15) is 0 Å². The van der Waals surface area contributed by atoms with Gasteiger partial charge in [-0.05, 0) is 85.9 Å². The summed E-state index contributed by atoms with van der Waals surface area (Å²) < 4.78 is 0. The lowest BCUT2D eigenvalue weighted by Gasteiger charge is -2.54. The minimum absolute atomic E-state index is 0.525. The van der Waals surface area contributed by atoms with Gasteiger partial charge in [0.05, 0.1) is 0 Å². The highest BCUT2D eigenvalue weighted by atomic mass is 14.5. The number of rotatable bonds is 3. The van der Waals surface area contributed by atoms with Crippen LogP contribution in [0.4, 0.5) is 0 Å². The van der Waals surface area contributed by atoms with E-state index in [1.807, 2.05) is 0 Å². The molecule has 0 nitrogen and oxygen atoms in total. The Balaban J connectivity index is 1.74. The molecule has 3 fully saturated rings. The van der Waals surface area contributed by atoms with Gasteiger partial charge in [0, 0.05) is 0 Å². The minimum atomic E-state index is 0.525. The van der Waals surface area contributed by atoms with Crippen LogP contribution in [0.15, 0.2) is 0 Å². The van der Waals surface area contributed by atoms with E-state index in [1.54, 1.807) is 25.7 Å². The Labute approximate surface area is 152 Å². The van der Waals surface area contributed by atoms with Crippen molar-refractivity contribution in [2.45, 2.75) is 118 Å². The standard InChI is InChI=1S/C24H44/c1-23(2,3)19-15-17-22(18-16-19)24(4,20-11-7-5-8-12-20)21-13-9-6-10-14-21/h19-22H,5-18H2,1-4H3. The number of hydrogen-bond donors (Lipinski definition) is 0. The highest BCUT2D eigenvalue weighted by Crippen LogP contribution is 2.57. The predicted octanol–water partition coefficient (Wildman–Crippen LogP) is 8.01. The van der Waals surface area contributed by atoms with Crippen molar-refractivity contribution in [2.75, 3.05) is 0 Å². The molecule has 0 aliphatic heterocycles. The molecule has 0 heterocycles. The zero-order valence-corrected chi connectivity index (χ0v) is 17.2. The van der Waals surface area contributed by atoms with Gasteiger partial charge in [-0.2, -0.15) is 0 Å². The molecule has 3 saturated carbocycles. The minimum Gasteiger partial charge on any atom is -0.0599 e. The lowest BCUT2D eigenvalue weighted by Crippen LogP contribution is -2.45. The summed E-state index contributed by atoms with van der Waals surface area (Å²) in [6, 6.07) is 0. The second kappa shape index (κ2) is 7.71. The molecule has 0 radical (unpaired) electrons. The van der Waals surface area contributed by atoms with E-state index in [2.05, 4.69) is 27.7 Å². The van der Waals surface area contributed by atoms with Gasteiger partial charge in [0.1, 0.15) is 0 Å². The summed E-state index contributed by atoms with van der Waals surface area (Å²) in [6.45, 7) is 10.2. The molecule has 0 spiro atoms. The Bertz CT molecular complexity index is 349. The van der Waals surface area contributed by atoms with Gasteiger partial charge in [-0.25, -0.2) is 0 Å². The van der Waals surface area contributed by atoms with Crippen molar-refractivity contribution in [3.05, 3.63) is 0 Å². The topological polar surface area (TPSA) is 0 Å². The van der Waals surface area contributed by atoms with Gasteiger partial charge in [0.15, 0.2) is 0 Å². The summed E-state index contributed by atoms with van der Waals surface area (Å²) in [7, 11) is 0. The Hall–Kier alpha value is 0. The third-order valence-electron chi connectivity index (χ3n) is 8.80. The molecule has 3 aliphatic carbocycles. The number of hydrogen-bond acceptors (Lipinski definition) is 0. The van der Waals surface area contributed by atoms with Crippen LogP contribution >= 0.6 is 0 Å². The molecule has 0 aromatic rings. The second-order valence-electron chi connectivity index (χ2n) is 11.0. The fraction of sp³-hybridized carbons (Fsp3) is 1.00. The van der Waals surface area contributed by atoms with Crippen LogP contribution in [-0.2, 0) is 0 Å². The van der Waals surface area contributed by atoms with Crippen molar-refractivity contribution in [3.8, 4) is 0 Å². The smallest absolute Gasteiger partial charge is 0.0241 e. The first-order valence-corrected chi connectivity index (χ1v) is 11.4. The first-order valence-electron chi connectivity index (χ1n) is 11.4. The van der Waals surface area contributed by atoms with E-state index >= 15 is 0 Å². The zero-order valence-electron chi connectivity index (χ0n) is 17.2. The van der Waals surface area contributed by atoms with Gasteiger partial charge < -0.3 is 0 Å². The fourth-order valence-corrected chi connectivity index (χ4v) is 7.03. The summed E-state index contributed by atoms with van der Waals surface area (Å²) in [5.41, 5.74) is 1.20. The Morgan fingerprint density at radius 3 is 1.12 bits per heavy atom. The highest BCUT2D eigenvalue weighted by Gasteiger charge is 2.48. The van der Waals surface area contributed by atoms with E-state index in [0.717, 1.165) is 23.7 Å². The van der Waals surface area contributed by atoms with Crippen LogP contribution in [0.25, 0.3) is 0 Å². The van der Waals surface area contributed by atoms with Crippen molar-refractivity contribution in [1.82, 2.24) is 0 Å². The molecule has 24 heavy (non-hydrogen) atoms. The molecule has 0 atom stereocenters. The molecule has 0 aromatic heterocycles. The molecule has 0 heteroatoms. The normalized spacial score (nSPS) is 32.0. The van der Waals surface area contributed by atoms with Gasteiger partial charge in [-0.3, -0.25) is 0 Å². The summed E-state index contributed by atoms with van der Waals surface area (Å²) >= 11 is 0. The van der Waals surface area contributed by atoms with Crippen molar-refractivity contribution in [1.29, 1.82) is 0 Å². The predicted molar refractivity (Wildman–Crippen MR) is 106 cm³/mol. The van der Waals surface area contributed by atoms with Crippen LogP contribution < -0.4 is 0 Å². The maximum Gasteiger partial charge on any atom is -0.0241 e. The fourth-order valence-electron chi connectivity index (χ4n) is 7.03. The summed E-state index contributed by atoms with van der Waals surface area (Å²) in [6.07, 6.45) is 21.4.